The summed E-state index contributed by atoms with van der Waals surface area (Å²) in [6.07, 6.45) is 3.74. The molecular formula is C9H14N4O2S2. The zero-order chi connectivity index (χ0) is 12.1. The zero-order valence-corrected chi connectivity index (χ0v) is 10.9. The molecule has 0 radical (unpaired) electrons. The van der Waals surface area contributed by atoms with Crippen molar-refractivity contribution in [1.82, 2.24) is 20.2 Å². The third-order valence-corrected chi connectivity index (χ3v) is 4.80. The number of nitrogens with zero attached hydrogens (tertiary/aromatic N) is 4. The molecule has 2 rings (SSSR count). The van der Waals surface area contributed by atoms with Crippen LogP contribution in [0.25, 0.3) is 0 Å². The lowest BCUT2D eigenvalue weighted by molar-refractivity contribution is -0.133. The Hall–Kier alpha value is -0.760. The van der Waals surface area contributed by atoms with Crippen LogP contribution in [0.5, 0.6) is 0 Å². The fraction of sp³-hybridized carbons (Fsp3) is 0.778. The molecule has 0 saturated carbocycles. The molecule has 1 saturated heterocycles. The molecule has 8 heteroatoms. The van der Waals surface area contributed by atoms with E-state index in [4.69, 9.17) is 5.11 Å². The van der Waals surface area contributed by atoms with Crippen LogP contribution in [0.15, 0.2) is 5.16 Å². The predicted octanol–water partition coefficient (Wildman–Crippen LogP) is 1.14. The Bertz CT molecular complexity index is 379. The van der Waals surface area contributed by atoms with Crippen LogP contribution in [0, 0.1) is 0 Å². The lowest BCUT2D eigenvalue weighted by Crippen LogP contribution is -2.18. The summed E-state index contributed by atoms with van der Waals surface area (Å²) in [6, 6.07) is 0. The topological polar surface area (TPSA) is 80.9 Å². The van der Waals surface area contributed by atoms with Crippen molar-refractivity contribution in [3.8, 4) is 0 Å². The number of tetrazole rings is 1. The molecule has 1 aromatic rings. The molecule has 1 N–H and O–H groups in total. The van der Waals surface area contributed by atoms with E-state index in [0.29, 0.717) is 10.4 Å². The highest BCUT2D eigenvalue weighted by Gasteiger charge is 2.17. The van der Waals surface area contributed by atoms with Gasteiger partial charge in [-0.3, -0.25) is 4.79 Å². The minimum atomic E-state index is -0.850. The first-order chi connectivity index (χ1) is 8.25. The number of thioether (sulfide) groups is 2. The van der Waals surface area contributed by atoms with Crippen molar-refractivity contribution in [2.45, 2.75) is 36.2 Å². The van der Waals surface area contributed by atoms with Gasteiger partial charge in [0.25, 0.3) is 0 Å². The van der Waals surface area contributed by atoms with Crippen LogP contribution >= 0.6 is 23.5 Å². The highest BCUT2D eigenvalue weighted by atomic mass is 32.2. The lowest BCUT2D eigenvalue weighted by atomic mass is 10.2. The summed E-state index contributed by atoms with van der Waals surface area (Å²) >= 11 is 3.12. The maximum Gasteiger partial charge on any atom is 0.313 e. The summed E-state index contributed by atoms with van der Waals surface area (Å²) in [7, 11) is 0. The molecule has 1 aliphatic heterocycles. The number of hydrogen-bond acceptors (Lipinski definition) is 6. The van der Waals surface area contributed by atoms with E-state index in [-0.39, 0.29) is 5.75 Å². The second kappa shape index (κ2) is 6.25. The first-order valence-corrected chi connectivity index (χ1v) is 7.51. The van der Waals surface area contributed by atoms with E-state index >= 15 is 0 Å². The van der Waals surface area contributed by atoms with Gasteiger partial charge in [0, 0.05) is 5.25 Å². The number of carboxylic acids is 1. The smallest absolute Gasteiger partial charge is 0.313 e. The first-order valence-electron chi connectivity index (χ1n) is 5.48. The Labute approximate surface area is 108 Å². The van der Waals surface area contributed by atoms with Gasteiger partial charge in [-0.15, -0.1) is 5.10 Å². The van der Waals surface area contributed by atoms with Gasteiger partial charge in [-0.1, -0.05) is 18.2 Å². The van der Waals surface area contributed by atoms with Gasteiger partial charge in [0.2, 0.25) is 5.16 Å². The van der Waals surface area contributed by atoms with Crippen LogP contribution in [0.4, 0.5) is 0 Å². The van der Waals surface area contributed by atoms with Crippen molar-refractivity contribution >= 4 is 29.5 Å². The highest BCUT2D eigenvalue weighted by molar-refractivity contribution is 8.00. The van der Waals surface area contributed by atoms with Crippen LogP contribution in [0.1, 0.15) is 19.3 Å². The standard InChI is InChI=1S/C9H14N4O2S2/c14-8(15)6-17-9-10-11-12-13(9)5-7-3-1-2-4-16-7/h7H,1-6H2,(H,14,15). The molecule has 6 nitrogen and oxygen atoms in total. The number of aliphatic carboxylic acids is 1. The van der Waals surface area contributed by atoms with Crippen molar-refractivity contribution in [3.63, 3.8) is 0 Å². The summed E-state index contributed by atoms with van der Waals surface area (Å²) in [4.78, 5) is 10.5. The monoisotopic (exact) mass is 274 g/mol. The van der Waals surface area contributed by atoms with Gasteiger partial charge < -0.3 is 5.11 Å². The van der Waals surface area contributed by atoms with Crippen LogP contribution in [-0.2, 0) is 11.3 Å². The summed E-state index contributed by atoms with van der Waals surface area (Å²) in [6.45, 7) is 0.777. The molecular weight excluding hydrogens is 260 g/mol. The molecule has 1 atom stereocenters. The van der Waals surface area contributed by atoms with E-state index < -0.39 is 5.97 Å². The second-order valence-corrected chi connectivity index (χ2v) is 6.17. The molecule has 0 aliphatic carbocycles. The first kappa shape index (κ1) is 12.7. The van der Waals surface area contributed by atoms with Gasteiger partial charge in [0.1, 0.15) is 0 Å². The van der Waals surface area contributed by atoms with Crippen LogP contribution in [0.2, 0.25) is 0 Å². The molecule has 1 aliphatic rings. The summed E-state index contributed by atoms with van der Waals surface area (Å²) < 4.78 is 1.72. The van der Waals surface area contributed by atoms with Gasteiger partial charge in [0.15, 0.2) is 0 Å². The normalized spacial score (nSPS) is 20.4. The van der Waals surface area contributed by atoms with Crippen molar-refractivity contribution in [2.24, 2.45) is 0 Å². The third-order valence-electron chi connectivity index (χ3n) is 2.47. The number of carboxylic acid groups (broad SMARTS) is 1. The fourth-order valence-corrected chi connectivity index (χ4v) is 3.58. The minimum Gasteiger partial charge on any atom is -0.481 e. The van der Waals surface area contributed by atoms with E-state index in [2.05, 4.69) is 15.5 Å². The second-order valence-electron chi connectivity index (χ2n) is 3.81. The Kier molecular flexibility index (Phi) is 4.66. The zero-order valence-electron chi connectivity index (χ0n) is 9.28. The number of carbonyl (C=O) groups is 1. The van der Waals surface area contributed by atoms with Gasteiger partial charge in [-0.05, 0) is 29.0 Å². The Balaban J connectivity index is 1.91. The summed E-state index contributed by atoms with van der Waals surface area (Å²) in [5.74, 6) is 0.347. The molecule has 0 aromatic carbocycles. The van der Waals surface area contributed by atoms with Gasteiger partial charge in [0.05, 0.1) is 12.3 Å². The van der Waals surface area contributed by atoms with Crippen molar-refractivity contribution in [2.75, 3.05) is 11.5 Å². The largest absolute Gasteiger partial charge is 0.481 e. The van der Waals surface area contributed by atoms with Crippen molar-refractivity contribution in [3.05, 3.63) is 0 Å². The SMILES string of the molecule is O=C(O)CSc1nnnn1CC1CCCCS1. The average molecular weight is 274 g/mol. The van der Waals surface area contributed by atoms with Crippen LogP contribution in [0.3, 0.4) is 0 Å². The maximum atomic E-state index is 10.5. The van der Waals surface area contributed by atoms with E-state index in [9.17, 15) is 4.79 Å². The van der Waals surface area contributed by atoms with Gasteiger partial charge in [-0.2, -0.15) is 11.8 Å². The maximum absolute atomic E-state index is 10.5. The summed E-state index contributed by atoms with van der Waals surface area (Å²) in [5, 5.41) is 21.1. The third kappa shape index (κ3) is 3.88. The van der Waals surface area contributed by atoms with Crippen LogP contribution < -0.4 is 0 Å². The fourth-order valence-electron chi connectivity index (χ4n) is 1.68. The molecule has 0 bridgehead atoms. The Morgan fingerprint density at radius 2 is 2.47 bits per heavy atom. The van der Waals surface area contributed by atoms with Crippen molar-refractivity contribution < 1.29 is 9.90 Å². The number of aromatic nitrogens is 4. The molecule has 0 spiro atoms. The molecule has 0 amide bonds. The molecule has 1 unspecified atom stereocenters. The average Bonchev–Trinajstić information content (AvgIpc) is 2.75. The van der Waals surface area contributed by atoms with Gasteiger partial charge in [-0.25, -0.2) is 4.68 Å². The predicted molar refractivity (Wildman–Crippen MR) is 66.3 cm³/mol. The summed E-state index contributed by atoms with van der Waals surface area (Å²) in [5.41, 5.74) is 0. The molecule has 94 valence electrons. The molecule has 2 heterocycles. The Morgan fingerprint density at radius 1 is 1.59 bits per heavy atom. The van der Waals surface area contributed by atoms with E-state index in [1.807, 2.05) is 11.8 Å². The van der Waals surface area contributed by atoms with Crippen molar-refractivity contribution in [1.29, 1.82) is 0 Å². The van der Waals surface area contributed by atoms with E-state index in [0.717, 1.165) is 6.54 Å². The Morgan fingerprint density at radius 3 is 3.18 bits per heavy atom. The number of hydrogen-bond donors (Lipinski definition) is 1. The molecule has 1 aromatic heterocycles. The molecule has 1 fully saturated rings. The van der Waals surface area contributed by atoms with Crippen LogP contribution in [-0.4, -0.2) is 48.0 Å². The lowest BCUT2D eigenvalue weighted by Gasteiger charge is -2.20. The molecule has 17 heavy (non-hydrogen) atoms. The quantitative estimate of drug-likeness (QED) is 0.806. The minimum absolute atomic E-state index is 0.00180. The highest BCUT2D eigenvalue weighted by Crippen LogP contribution is 2.27. The van der Waals surface area contributed by atoms with E-state index in [1.165, 1.54) is 36.8 Å². The van der Waals surface area contributed by atoms with E-state index in [1.54, 1.807) is 4.68 Å². The van der Waals surface area contributed by atoms with Gasteiger partial charge >= 0.3 is 5.97 Å². The number of rotatable bonds is 5.